The van der Waals surface area contributed by atoms with Crippen molar-refractivity contribution >= 4 is 0 Å². The SMILES string of the molecule is CC(C)(C)C1CCC([O])CC1. The Morgan fingerprint density at radius 1 is 1.00 bits per heavy atom. The molecule has 1 heteroatoms. The second-order valence-corrected chi connectivity index (χ2v) is 4.84. The molecule has 0 aromatic rings. The Morgan fingerprint density at radius 2 is 1.45 bits per heavy atom. The molecule has 1 aliphatic rings. The molecule has 1 nitrogen and oxygen atoms in total. The Kier molecular flexibility index (Phi) is 2.58. The maximum atomic E-state index is 11.0. The lowest BCUT2D eigenvalue weighted by Crippen LogP contribution is -2.27. The summed E-state index contributed by atoms with van der Waals surface area (Å²) in [7, 11) is 0. The number of hydrogen-bond donors (Lipinski definition) is 0. The van der Waals surface area contributed by atoms with Gasteiger partial charge in [-0.25, -0.2) is 5.11 Å². The smallest absolute Gasteiger partial charge is 0.0930 e. The number of hydrogen-bond acceptors (Lipinski definition) is 0. The molecule has 1 fully saturated rings. The zero-order chi connectivity index (χ0) is 8.48. The average Bonchev–Trinajstić information content (AvgIpc) is 1.86. The highest BCUT2D eigenvalue weighted by atomic mass is 16.3. The Labute approximate surface area is 69.8 Å². The van der Waals surface area contributed by atoms with Gasteiger partial charge in [-0.15, -0.1) is 0 Å². The van der Waals surface area contributed by atoms with Gasteiger partial charge in [0.15, 0.2) is 0 Å². The molecule has 65 valence electrons. The van der Waals surface area contributed by atoms with Crippen molar-refractivity contribution in [2.45, 2.75) is 52.6 Å². The maximum absolute atomic E-state index is 11.0. The van der Waals surface area contributed by atoms with Crippen molar-refractivity contribution in [2.24, 2.45) is 11.3 Å². The molecule has 0 saturated heterocycles. The first-order valence-electron chi connectivity index (χ1n) is 4.66. The van der Waals surface area contributed by atoms with Crippen molar-refractivity contribution in [2.75, 3.05) is 0 Å². The molecular formula is C10H19O. The largest absolute Gasteiger partial charge is 0.233 e. The first kappa shape index (κ1) is 9.05. The van der Waals surface area contributed by atoms with Gasteiger partial charge in [0.25, 0.3) is 0 Å². The minimum absolute atomic E-state index is 0.256. The van der Waals surface area contributed by atoms with E-state index in [0.29, 0.717) is 5.41 Å². The molecule has 1 rings (SSSR count). The molecule has 0 atom stereocenters. The van der Waals surface area contributed by atoms with Crippen molar-refractivity contribution in [3.05, 3.63) is 0 Å². The van der Waals surface area contributed by atoms with Crippen LogP contribution in [0, 0.1) is 11.3 Å². The Bertz CT molecular complexity index is 115. The molecule has 0 heterocycles. The fourth-order valence-electron chi connectivity index (χ4n) is 1.93. The van der Waals surface area contributed by atoms with Crippen LogP contribution < -0.4 is 0 Å². The molecule has 0 spiro atoms. The van der Waals surface area contributed by atoms with Crippen LogP contribution >= 0.6 is 0 Å². The summed E-state index contributed by atoms with van der Waals surface area (Å²) < 4.78 is 0. The third kappa shape index (κ3) is 2.48. The van der Waals surface area contributed by atoms with Crippen LogP contribution in [-0.2, 0) is 5.11 Å². The summed E-state index contributed by atoms with van der Waals surface area (Å²) in [5.74, 6) is 0.785. The average molecular weight is 155 g/mol. The molecule has 0 bridgehead atoms. The molecule has 1 aliphatic carbocycles. The zero-order valence-corrected chi connectivity index (χ0v) is 7.89. The Hall–Kier alpha value is -0.0400. The first-order chi connectivity index (χ1) is 5.00. The van der Waals surface area contributed by atoms with Gasteiger partial charge in [-0.3, -0.25) is 0 Å². The van der Waals surface area contributed by atoms with Gasteiger partial charge in [0.1, 0.15) is 0 Å². The summed E-state index contributed by atoms with van der Waals surface area (Å²) in [5.41, 5.74) is 0.417. The van der Waals surface area contributed by atoms with Gasteiger partial charge in [-0.2, -0.15) is 0 Å². The predicted octanol–water partition coefficient (Wildman–Crippen LogP) is 3.02. The fraction of sp³-hybridized carbons (Fsp3) is 1.00. The van der Waals surface area contributed by atoms with Crippen LogP contribution in [-0.4, -0.2) is 6.10 Å². The molecule has 0 N–H and O–H groups in total. The normalized spacial score (nSPS) is 33.8. The minimum Gasteiger partial charge on any atom is -0.233 e. The van der Waals surface area contributed by atoms with Gasteiger partial charge in [-0.1, -0.05) is 20.8 Å². The zero-order valence-electron chi connectivity index (χ0n) is 7.89. The second kappa shape index (κ2) is 3.14. The Balaban J connectivity index is 2.39. The van der Waals surface area contributed by atoms with E-state index in [4.69, 9.17) is 0 Å². The van der Waals surface area contributed by atoms with Gasteiger partial charge in [0.05, 0.1) is 6.10 Å². The van der Waals surface area contributed by atoms with Crippen LogP contribution in [0.3, 0.4) is 0 Å². The molecule has 0 aromatic heterocycles. The molecule has 11 heavy (non-hydrogen) atoms. The lowest BCUT2D eigenvalue weighted by atomic mass is 9.72. The molecular weight excluding hydrogens is 136 g/mol. The summed E-state index contributed by atoms with van der Waals surface area (Å²) in [6, 6.07) is 0. The third-order valence-corrected chi connectivity index (χ3v) is 2.90. The van der Waals surface area contributed by atoms with Crippen LogP contribution in [0.4, 0.5) is 0 Å². The maximum Gasteiger partial charge on any atom is 0.0930 e. The highest BCUT2D eigenvalue weighted by Gasteiger charge is 2.29. The summed E-state index contributed by atoms with van der Waals surface area (Å²) in [6.45, 7) is 6.84. The lowest BCUT2D eigenvalue weighted by Gasteiger charge is -2.34. The van der Waals surface area contributed by atoms with Gasteiger partial charge < -0.3 is 0 Å². The second-order valence-electron chi connectivity index (χ2n) is 4.84. The van der Waals surface area contributed by atoms with Crippen LogP contribution in [0.1, 0.15) is 46.5 Å². The van der Waals surface area contributed by atoms with E-state index in [1.165, 1.54) is 0 Å². The number of rotatable bonds is 0. The Morgan fingerprint density at radius 3 is 1.82 bits per heavy atom. The molecule has 0 aliphatic heterocycles. The molecule has 1 saturated carbocycles. The van der Waals surface area contributed by atoms with Gasteiger partial charge in [0.2, 0.25) is 0 Å². The van der Waals surface area contributed by atoms with Crippen LogP contribution in [0.15, 0.2) is 0 Å². The highest BCUT2D eigenvalue weighted by molar-refractivity contribution is 4.79. The van der Waals surface area contributed by atoms with E-state index in [-0.39, 0.29) is 6.10 Å². The van der Waals surface area contributed by atoms with E-state index in [9.17, 15) is 5.11 Å². The van der Waals surface area contributed by atoms with Crippen molar-refractivity contribution < 1.29 is 5.11 Å². The van der Waals surface area contributed by atoms with Gasteiger partial charge in [0, 0.05) is 0 Å². The molecule has 0 amide bonds. The lowest BCUT2D eigenvalue weighted by molar-refractivity contribution is 0.0227. The van der Waals surface area contributed by atoms with Crippen LogP contribution in [0.25, 0.3) is 0 Å². The van der Waals surface area contributed by atoms with E-state index < -0.39 is 0 Å². The standard InChI is InChI=1S/C10H19O/c1-10(2,3)8-4-6-9(11)7-5-8/h8-9H,4-7H2,1-3H3. The third-order valence-electron chi connectivity index (χ3n) is 2.90. The molecule has 0 aromatic carbocycles. The van der Waals surface area contributed by atoms with Gasteiger partial charge in [-0.05, 0) is 37.0 Å². The van der Waals surface area contributed by atoms with E-state index >= 15 is 0 Å². The topological polar surface area (TPSA) is 19.9 Å². The minimum atomic E-state index is -0.256. The fourth-order valence-corrected chi connectivity index (χ4v) is 1.93. The summed E-state index contributed by atoms with van der Waals surface area (Å²) >= 11 is 0. The quantitative estimate of drug-likeness (QED) is 0.512. The van der Waals surface area contributed by atoms with Crippen molar-refractivity contribution in [3.8, 4) is 0 Å². The van der Waals surface area contributed by atoms with Crippen LogP contribution in [0.5, 0.6) is 0 Å². The van der Waals surface area contributed by atoms with Crippen molar-refractivity contribution in [1.82, 2.24) is 0 Å². The monoisotopic (exact) mass is 155 g/mol. The molecule has 1 radical (unpaired) electrons. The molecule has 0 unspecified atom stereocenters. The van der Waals surface area contributed by atoms with Crippen LogP contribution in [0.2, 0.25) is 0 Å². The van der Waals surface area contributed by atoms with E-state index in [1.54, 1.807) is 0 Å². The van der Waals surface area contributed by atoms with E-state index in [1.807, 2.05) is 0 Å². The highest BCUT2D eigenvalue weighted by Crippen LogP contribution is 2.37. The van der Waals surface area contributed by atoms with Gasteiger partial charge >= 0.3 is 0 Å². The summed E-state index contributed by atoms with van der Waals surface area (Å²) in [5, 5.41) is 11.0. The van der Waals surface area contributed by atoms with E-state index in [2.05, 4.69) is 20.8 Å². The summed E-state index contributed by atoms with van der Waals surface area (Å²) in [4.78, 5) is 0. The summed E-state index contributed by atoms with van der Waals surface area (Å²) in [6.07, 6.45) is 3.85. The van der Waals surface area contributed by atoms with Crippen molar-refractivity contribution in [1.29, 1.82) is 0 Å². The van der Waals surface area contributed by atoms with Crippen molar-refractivity contribution in [3.63, 3.8) is 0 Å². The first-order valence-corrected chi connectivity index (χ1v) is 4.66. The predicted molar refractivity (Wildman–Crippen MR) is 45.9 cm³/mol. The van der Waals surface area contributed by atoms with E-state index in [0.717, 1.165) is 31.6 Å².